The zero-order valence-corrected chi connectivity index (χ0v) is 15.9. The van der Waals surface area contributed by atoms with E-state index in [1.807, 2.05) is 0 Å². The van der Waals surface area contributed by atoms with Gasteiger partial charge in [-0.15, -0.1) is 0 Å². The molecule has 0 fully saturated rings. The molecule has 3 heterocycles. The Morgan fingerprint density at radius 1 is 1.24 bits per heavy atom. The molecule has 8 nitrogen and oxygen atoms in total. The van der Waals surface area contributed by atoms with E-state index < -0.39 is 0 Å². The minimum absolute atomic E-state index is 0.00359. The van der Waals surface area contributed by atoms with Gasteiger partial charge in [-0.1, -0.05) is 17.3 Å². The maximum absolute atomic E-state index is 13.1. The number of hydrogen-bond acceptors (Lipinski definition) is 5. The number of carbonyl (C=O) groups is 1. The minimum Gasteiger partial charge on any atom is -0.361 e. The number of aryl methyl sites for hydroxylation is 2. The number of carbonyl (C=O) groups excluding carboxylic acids is 1. The molecule has 1 aliphatic heterocycles. The van der Waals surface area contributed by atoms with Gasteiger partial charge in [-0.2, -0.15) is 5.10 Å². The Labute approximate surface area is 166 Å². The molecular formula is C20H22FN5O3. The highest BCUT2D eigenvalue weighted by Gasteiger charge is 2.22. The number of nitrogens with one attached hydrogen (secondary N) is 1. The molecule has 0 saturated heterocycles. The van der Waals surface area contributed by atoms with Crippen LogP contribution in [0.5, 0.6) is 0 Å². The second kappa shape index (κ2) is 8.42. The first-order valence-electron chi connectivity index (χ1n) is 9.68. The fourth-order valence-corrected chi connectivity index (χ4v) is 3.55. The highest BCUT2D eigenvalue weighted by molar-refractivity contribution is 5.76. The van der Waals surface area contributed by atoms with Crippen molar-refractivity contribution in [2.45, 2.75) is 51.2 Å². The van der Waals surface area contributed by atoms with Gasteiger partial charge in [-0.3, -0.25) is 9.36 Å². The average Bonchev–Trinajstić information content (AvgIpc) is 3.28. The molecule has 1 aliphatic rings. The smallest absolute Gasteiger partial charge is 0.346 e. The lowest BCUT2D eigenvalue weighted by molar-refractivity contribution is -0.121. The summed E-state index contributed by atoms with van der Waals surface area (Å²) in [4.78, 5) is 24.9. The number of rotatable bonds is 6. The molecule has 4 rings (SSSR count). The Morgan fingerprint density at radius 3 is 2.83 bits per heavy atom. The predicted molar refractivity (Wildman–Crippen MR) is 102 cm³/mol. The molecular weight excluding hydrogens is 377 g/mol. The first-order valence-corrected chi connectivity index (χ1v) is 9.68. The lowest BCUT2D eigenvalue weighted by atomic mass is 10.1. The summed E-state index contributed by atoms with van der Waals surface area (Å²) in [5.41, 5.74) is 0.639. The van der Waals surface area contributed by atoms with Gasteiger partial charge >= 0.3 is 5.69 Å². The Bertz CT molecular complexity index is 1020. The molecule has 9 heteroatoms. The summed E-state index contributed by atoms with van der Waals surface area (Å²) in [6, 6.07) is 7.79. The second-order valence-corrected chi connectivity index (χ2v) is 7.21. The Hall–Kier alpha value is -3.23. The molecule has 0 saturated carbocycles. The van der Waals surface area contributed by atoms with Crippen LogP contribution in [-0.2, 0) is 30.7 Å². The molecule has 1 aromatic carbocycles. The van der Waals surface area contributed by atoms with Crippen molar-refractivity contribution in [2.75, 3.05) is 0 Å². The summed E-state index contributed by atoms with van der Waals surface area (Å²) in [7, 11) is 0. The van der Waals surface area contributed by atoms with Crippen LogP contribution in [0.2, 0.25) is 0 Å². The van der Waals surface area contributed by atoms with Gasteiger partial charge in [0.2, 0.25) is 5.91 Å². The van der Waals surface area contributed by atoms with E-state index in [1.54, 1.807) is 29.0 Å². The third kappa shape index (κ3) is 4.61. The van der Waals surface area contributed by atoms with Crippen LogP contribution in [0.3, 0.4) is 0 Å². The standard InChI is InChI=1S/C20H22FN5O3/c21-15-3-1-14(2-4-15)13-26-20(28)25-12-10-16(5-7-18(25)24-26)23-19(27)8-6-17-9-11-22-29-17/h1-4,9,11,16H,5-8,10,12-13H2,(H,23,27). The second-order valence-electron chi connectivity index (χ2n) is 7.21. The highest BCUT2D eigenvalue weighted by Crippen LogP contribution is 2.13. The van der Waals surface area contributed by atoms with Gasteiger partial charge in [0.05, 0.1) is 12.7 Å². The van der Waals surface area contributed by atoms with Crippen molar-refractivity contribution in [3.8, 4) is 0 Å². The van der Waals surface area contributed by atoms with Crippen LogP contribution in [0.25, 0.3) is 0 Å². The third-order valence-corrected chi connectivity index (χ3v) is 5.12. The van der Waals surface area contributed by atoms with E-state index in [0.717, 1.165) is 17.8 Å². The van der Waals surface area contributed by atoms with E-state index in [1.165, 1.54) is 16.8 Å². The monoisotopic (exact) mass is 399 g/mol. The lowest BCUT2D eigenvalue weighted by Crippen LogP contribution is -2.36. The van der Waals surface area contributed by atoms with Gasteiger partial charge in [-0.05, 0) is 30.5 Å². The Balaban J connectivity index is 1.34. The third-order valence-electron chi connectivity index (χ3n) is 5.12. The van der Waals surface area contributed by atoms with Gasteiger partial charge in [0, 0.05) is 37.9 Å². The van der Waals surface area contributed by atoms with E-state index in [-0.39, 0.29) is 23.5 Å². The average molecular weight is 399 g/mol. The molecule has 1 amide bonds. The maximum atomic E-state index is 13.1. The maximum Gasteiger partial charge on any atom is 0.346 e. The lowest BCUT2D eigenvalue weighted by Gasteiger charge is -2.15. The summed E-state index contributed by atoms with van der Waals surface area (Å²) >= 11 is 0. The number of fused-ring (bicyclic) bond motifs is 1. The molecule has 1 N–H and O–H groups in total. The molecule has 1 atom stereocenters. The molecule has 0 spiro atoms. The molecule has 0 bridgehead atoms. The van der Waals surface area contributed by atoms with E-state index in [2.05, 4.69) is 15.6 Å². The van der Waals surface area contributed by atoms with E-state index >= 15 is 0 Å². The SMILES string of the molecule is O=C(CCc1ccno1)NC1CCc2nn(Cc3ccc(F)cc3)c(=O)n2CC1. The summed E-state index contributed by atoms with van der Waals surface area (Å²) < 4.78 is 21.1. The van der Waals surface area contributed by atoms with Crippen molar-refractivity contribution < 1.29 is 13.7 Å². The van der Waals surface area contributed by atoms with Crippen molar-refractivity contribution in [1.29, 1.82) is 0 Å². The zero-order valence-electron chi connectivity index (χ0n) is 15.9. The van der Waals surface area contributed by atoms with Gasteiger partial charge in [0.1, 0.15) is 17.4 Å². The van der Waals surface area contributed by atoms with Gasteiger partial charge in [0.25, 0.3) is 0 Å². The van der Waals surface area contributed by atoms with Crippen LogP contribution in [0.1, 0.15) is 36.4 Å². The first kappa shape index (κ1) is 19.1. The van der Waals surface area contributed by atoms with Crippen LogP contribution in [0.4, 0.5) is 4.39 Å². The summed E-state index contributed by atoms with van der Waals surface area (Å²) in [6.45, 7) is 0.811. The van der Waals surface area contributed by atoms with Gasteiger partial charge < -0.3 is 9.84 Å². The fraction of sp³-hybridized carbons (Fsp3) is 0.400. The molecule has 3 aromatic rings. The fourth-order valence-electron chi connectivity index (χ4n) is 3.55. The largest absolute Gasteiger partial charge is 0.361 e. The summed E-state index contributed by atoms with van der Waals surface area (Å²) in [5, 5.41) is 11.1. The molecule has 29 heavy (non-hydrogen) atoms. The van der Waals surface area contributed by atoms with E-state index in [9.17, 15) is 14.0 Å². The van der Waals surface area contributed by atoms with Crippen molar-refractivity contribution in [1.82, 2.24) is 24.8 Å². The van der Waals surface area contributed by atoms with E-state index in [4.69, 9.17) is 4.52 Å². The van der Waals surface area contributed by atoms with Crippen molar-refractivity contribution in [2.24, 2.45) is 0 Å². The van der Waals surface area contributed by atoms with Crippen LogP contribution >= 0.6 is 0 Å². The molecule has 2 aromatic heterocycles. The molecule has 0 radical (unpaired) electrons. The van der Waals surface area contributed by atoms with Crippen LogP contribution < -0.4 is 11.0 Å². The first-order chi connectivity index (χ1) is 14.1. The highest BCUT2D eigenvalue weighted by atomic mass is 19.1. The van der Waals surface area contributed by atoms with Crippen molar-refractivity contribution in [3.05, 3.63) is 70.0 Å². The topological polar surface area (TPSA) is 95.0 Å². The number of halogens is 1. The molecule has 0 aliphatic carbocycles. The summed E-state index contributed by atoms with van der Waals surface area (Å²) in [6.07, 6.45) is 4.40. The quantitative estimate of drug-likeness (QED) is 0.680. The Morgan fingerprint density at radius 2 is 2.07 bits per heavy atom. The Kier molecular flexibility index (Phi) is 5.55. The van der Waals surface area contributed by atoms with Gasteiger partial charge in [0.15, 0.2) is 0 Å². The molecule has 152 valence electrons. The zero-order chi connectivity index (χ0) is 20.2. The van der Waals surface area contributed by atoms with Crippen LogP contribution in [0, 0.1) is 5.82 Å². The van der Waals surface area contributed by atoms with Crippen molar-refractivity contribution in [3.63, 3.8) is 0 Å². The van der Waals surface area contributed by atoms with Gasteiger partial charge in [-0.25, -0.2) is 13.9 Å². The van der Waals surface area contributed by atoms with Crippen LogP contribution in [0.15, 0.2) is 45.8 Å². The minimum atomic E-state index is -0.310. The molecule has 1 unspecified atom stereocenters. The summed E-state index contributed by atoms with van der Waals surface area (Å²) in [5.74, 6) is 1.05. The normalized spacial score (nSPS) is 16.2. The van der Waals surface area contributed by atoms with E-state index in [0.29, 0.717) is 44.5 Å². The predicted octanol–water partition coefficient (Wildman–Crippen LogP) is 1.67. The number of nitrogens with zero attached hydrogens (tertiary/aromatic N) is 4. The number of amides is 1. The number of hydrogen-bond donors (Lipinski definition) is 1. The van der Waals surface area contributed by atoms with Crippen molar-refractivity contribution >= 4 is 5.91 Å². The number of aromatic nitrogens is 4. The van der Waals surface area contributed by atoms with Crippen LogP contribution in [-0.4, -0.2) is 31.5 Å². The number of benzene rings is 1.